The maximum atomic E-state index is 12.8. The molecule has 4 fully saturated rings. The van der Waals surface area contributed by atoms with Gasteiger partial charge in [-0.05, 0) is 91.5 Å². The molecule has 0 heterocycles. The van der Waals surface area contributed by atoms with E-state index in [1.165, 1.54) is 44.1 Å². The van der Waals surface area contributed by atoms with E-state index in [0.29, 0.717) is 16.7 Å². The number of hydrogen-bond donors (Lipinski definition) is 2. The maximum absolute atomic E-state index is 12.8. The van der Waals surface area contributed by atoms with Crippen molar-refractivity contribution < 1.29 is 14.3 Å². The number of carbonyl (C=O) groups is 2. The van der Waals surface area contributed by atoms with Crippen LogP contribution in [-0.4, -0.2) is 18.4 Å². The van der Waals surface area contributed by atoms with Crippen LogP contribution in [0.15, 0.2) is 48.5 Å². The van der Waals surface area contributed by atoms with E-state index in [4.69, 9.17) is 10.5 Å². The molecule has 3 N–H and O–H groups in total. The fourth-order valence-corrected chi connectivity index (χ4v) is 6.50. The fraction of sp³-hybridized carbons (Fsp3) is 0.440. The van der Waals surface area contributed by atoms with Gasteiger partial charge in [-0.25, -0.2) is 0 Å². The minimum atomic E-state index is -0.578. The summed E-state index contributed by atoms with van der Waals surface area (Å²) in [6.45, 7) is -0.260. The van der Waals surface area contributed by atoms with E-state index in [-0.39, 0.29) is 12.5 Å². The first-order chi connectivity index (χ1) is 14.5. The topological polar surface area (TPSA) is 81.4 Å². The molecule has 0 atom stereocenters. The molecule has 0 saturated heterocycles. The van der Waals surface area contributed by atoms with Crippen LogP contribution in [0, 0.1) is 17.8 Å². The summed E-state index contributed by atoms with van der Waals surface area (Å²) >= 11 is 0. The average Bonchev–Trinajstić information content (AvgIpc) is 2.72. The van der Waals surface area contributed by atoms with Gasteiger partial charge >= 0.3 is 0 Å². The third kappa shape index (κ3) is 3.57. The summed E-state index contributed by atoms with van der Waals surface area (Å²) in [4.78, 5) is 23.8. The normalized spacial score (nSPS) is 28.9. The second-order valence-corrected chi connectivity index (χ2v) is 9.48. The highest BCUT2D eigenvalue weighted by Gasteiger charge is 2.51. The molecule has 30 heavy (non-hydrogen) atoms. The molecule has 4 aliphatic carbocycles. The van der Waals surface area contributed by atoms with Crippen molar-refractivity contribution in [2.45, 2.75) is 43.9 Å². The summed E-state index contributed by atoms with van der Waals surface area (Å²) in [6.07, 6.45) is 8.29. The molecule has 156 valence electrons. The molecule has 2 aromatic carbocycles. The molecule has 4 bridgehead atoms. The van der Waals surface area contributed by atoms with Crippen molar-refractivity contribution in [2.75, 3.05) is 11.9 Å². The van der Waals surface area contributed by atoms with Crippen molar-refractivity contribution in [3.8, 4) is 5.75 Å². The maximum Gasteiger partial charge on any atom is 0.259 e. The summed E-state index contributed by atoms with van der Waals surface area (Å²) in [5, 5.41) is 2.95. The zero-order chi connectivity index (χ0) is 20.7. The van der Waals surface area contributed by atoms with Gasteiger partial charge in [0, 0.05) is 5.69 Å². The summed E-state index contributed by atoms with van der Waals surface area (Å²) < 4.78 is 5.38. The molecule has 0 aromatic heterocycles. The highest BCUT2D eigenvalue weighted by Crippen LogP contribution is 2.60. The van der Waals surface area contributed by atoms with E-state index >= 15 is 0 Å². The number of carbonyl (C=O) groups excluding carboxylic acids is 2. The van der Waals surface area contributed by atoms with Crippen LogP contribution >= 0.6 is 0 Å². The van der Waals surface area contributed by atoms with E-state index in [1.807, 2.05) is 12.1 Å². The van der Waals surface area contributed by atoms with Gasteiger partial charge in [0.1, 0.15) is 5.75 Å². The van der Waals surface area contributed by atoms with Crippen LogP contribution in [-0.2, 0) is 10.2 Å². The van der Waals surface area contributed by atoms with Gasteiger partial charge < -0.3 is 15.8 Å². The number of benzene rings is 2. The smallest absolute Gasteiger partial charge is 0.259 e. The zero-order valence-corrected chi connectivity index (χ0v) is 17.1. The molecule has 5 nitrogen and oxygen atoms in total. The van der Waals surface area contributed by atoms with E-state index in [1.54, 1.807) is 24.3 Å². The largest absolute Gasteiger partial charge is 0.483 e. The Hall–Kier alpha value is -2.82. The van der Waals surface area contributed by atoms with Crippen molar-refractivity contribution in [3.63, 3.8) is 0 Å². The van der Waals surface area contributed by atoms with Gasteiger partial charge in [-0.2, -0.15) is 0 Å². The molecule has 0 spiro atoms. The van der Waals surface area contributed by atoms with E-state index in [2.05, 4.69) is 17.4 Å². The summed E-state index contributed by atoms with van der Waals surface area (Å²) in [5.74, 6) is 2.23. The van der Waals surface area contributed by atoms with E-state index < -0.39 is 5.91 Å². The number of nitrogens with one attached hydrogen (secondary N) is 1. The van der Waals surface area contributed by atoms with Crippen LogP contribution in [0.2, 0.25) is 0 Å². The van der Waals surface area contributed by atoms with Gasteiger partial charge in [0.25, 0.3) is 11.8 Å². The Labute approximate surface area is 177 Å². The van der Waals surface area contributed by atoms with Gasteiger partial charge in [-0.1, -0.05) is 24.3 Å². The molecule has 5 heteroatoms. The molecular weight excluding hydrogens is 376 g/mol. The minimum absolute atomic E-state index is 0.260. The van der Waals surface area contributed by atoms with Crippen molar-refractivity contribution in [1.82, 2.24) is 0 Å². The SMILES string of the molecule is NC(=O)COc1ccccc1C(=O)Nc1ccc(C23CC4CC(CC(C4)C2)C3)cc1. The van der Waals surface area contributed by atoms with Crippen molar-refractivity contribution in [2.24, 2.45) is 23.5 Å². The quantitative estimate of drug-likeness (QED) is 0.754. The third-order valence-corrected chi connectivity index (χ3v) is 7.29. The number of ether oxygens (including phenoxy) is 1. The Bertz CT molecular complexity index is 931. The first-order valence-electron chi connectivity index (χ1n) is 10.9. The van der Waals surface area contributed by atoms with Crippen LogP contribution in [0.25, 0.3) is 0 Å². The summed E-state index contributed by atoms with van der Waals surface area (Å²) in [7, 11) is 0. The lowest BCUT2D eigenvalue weighted by Gasteiger charge is -2.57. The first-order valence-corrected chi connectivity index (χ1v) is 10.9. The number of hydrogen-bond acceptors (Lipinski definition) is 3. The number of amides is 2. The van der Waals surface area contributed by atoms with Crippen LogP contribution in [0.3, 0.4) is 0 Å². The molecule has 0 aliphatic heterocycles. The Balaban J connectivity index is 1.30. The number of anilines is 1. The van der Waals surface area contributed by atoms with Gasteiger partial charge in [-0.15, -0.1) is 0 Å². The number of rotatable bonds is 6. The van der Waals surface area contributed by atoms with Gasteiger partial charge in [0.2, 0.25) is 0 Å². The lowest BCUT2D eigenvalue weighted by atomic mass is 9.48. The van der Waals surface area contributed by atoms with E-state index in [0.717, 1.165) is 23.4 Å². The van der Waals surface area contributed by atoms with Crippen molar-refractivity contribution >= 4 is 17.5 Å². The molecule has 2 aromatic rings. The second-order valence-electron chi connectivity index (χ2n) is 9.48. The predicted molar refractivity (Wildman–Crippen MR) is 115 cm³/mol. The lowest BCUT2D eigenvalue weighted by Crippen LogP contribution is -2.48. The lowest BCUT2D eigenvalue weighted by molar-refractivity contribution is -0.119. The van der Waals surface area contributed by atoms with Crippen molar-refractivity contribution in [1.29, 1.82) is 0 Å². The highest BCUT2D eigenvalue weighted by atomic mass is 16.5. The fourth-order valence-electron chi connectivity index (χ4n) is 6.50. The number of primary amides is 1. The Morgan fingerprint density at radius 3 is 2.13 bits per heavy atom. The number of nitrogens with two attached hydrogens (primary N) is 1. The molecule has 2 amide bonds. The Kier molecular flexibility index (Phi) is 4.76. The standard InChI is InChI=1S/C25H28N2O3/c26-23(28)15-30-22-4-2-1-3-21(22)24(29)27-20-7-5-19(6-8-20)25-12-16-9-17(13-25)11-18(10-16)14-25/h1-8,16-18H,9-15H2,(H2,26,28)(H,27,29). The van der Waals surface area contributed by atoms with Gasteiger partial charge in [0.05, 0.1) is 5.56 Å². The van der Waals surface area contributed by atoms with Crippen LogP contribution in [0.5, 0.6) is 5.75 Å². The molecule has 0 unspecified atom stereocenters. The Morgan fingerprint density at radius 1 is 0.933 bits per heavy atom. The average molecular weight is 405 g/mol. The monoisotopic (exact) mass is 404 g/mol. The molecule has 4 aliphatic rings. The van der Waals surface area contributed by atoms with Crippen LogP contribution in [0.4, 0.5) is 5.69 Å². The summed E-state index contributed by atoms with van der Waals surface area (Å²) in [5.41, 5.74) is 8.08. The molecule has 0 radical (unpaired) electrons. The van der Waals surface area contributed by atoms with E-state index in [9.17, 15) is 9.59 Å². The molecule has 6 rings (SSSR count). The predicted octanol–water partition coefficient (Wildman–Crippen LogP) is 4.27. The Morgan fingerprint density at radius 2 is 1.53 bits per heavy atom. The number of para-hydroxylation sites is 1. The van der Waals surface area contributed by atoms with Crippen molar-refractivity contribution in [3.05, 3.63) is 59.7 Å². The minimum Gasteiger partial charge on any atom is -0.483 e. The molecular formula is C25H28N2O3. The second kappa shape index (κ2) is 7.46. The summed E-state index contributed by atoms with van der Waals surface area (Å²) in [6, 6.07) is 15.3. The van der Waals surface area contributed by atoms with Crippen LogP contribution < -0.4 is 15.8 Å². The zero-order valence-electron chi connectivity index (χ0n) is 17.1. The van der Waals surface area contributed by atoms with Gasteiger partial charge in [0.15, 0.2) is 6.61 Å². The first kappa shape index (κ1) is 19.2. The molecule has 4 saturated carbocycles. The van der Waals surface area contributed by atoms with Crippen LogP contribution in [0.1, 0.15) is 54.4 Å². The van der Waals surface area contributed by atoms with Gasteiger partial charge in [-0.3, -0.25) is 9.59 Å². The highest BCUT2D eigenvalue weighted by molar-refractivity contribution is 6.06. The third-order valence-electron chi connectivity index (χ3n) is 7.29.